The third-order valence-corrected chi connectivity index (χ3v) is 5.99. The number of carbonyl (C=O) groups is 1. The molecule has 0 radical (unpaired) electrons. The maximum absolute atomic E-state index is 13.4. The molecule has 0 aliphatic heterocycles. The summed E-state index contributed by atoms with van der Waals surface area (Å²) >= 11 is 0. The number of anilines is 2. The van der Waals surface area contributed by atoms with Gasteiger partial charge in [-0.2, -0.15) is 0 Å². The largest absolute Gasteiger partial charge is 0.324 e. The first-order chi connectivity index (χ1) is 14.7. The molecule has 11 heteroatoms. The van der Waals surface area contributed by atoms with Gasteiger partial charge in [-0.25, -0.2) is 17.2 Å². The zero-order chi connectivity index (χ0) is 22.6. The van der Waals surface area contributed by atoms with E-state index in [1.165, 1.54) is 36.4 Å². The fraction of sp³-hybridized carbons (Fsp3) is 0.0500. The molecule has 3 aromatic carbocycles. The summed E-state index contributed by atoms with van der Waals surface area (Å²) < 4.78 is 53.7. The SMILES string of the molecule is O=C(CN(c1ccccc1)S(=O)(=O)c1ccccc1[N+](=O)[O-])Nc1ccc(F)c(F)c1. The Labute approximate surface area is 175 Å². The number of nitro groups is 1. The topological polar surface area (TPSA) is 110 Å². The Bertz CT molecular complexity index is 1240. The predicted molar refractivity (Wildman–Crippen MR) is 109 cm³/mol. The number of benzene rings is 3. The van der Waals surface area contributed by atoms with Crippen LogP contribution in [0.25, 0.3) is 0 Å². The normalized spacial score (nSPS) is 11.0. The summed E-state index contributed by atoms with van der Waals surface area (Å²) in [5, 5.41) is 13.6. The first-order valence-corrected chi connectivity index (χ1v) is 10.2. The van der Waals surface area contributed by atoms with E-state index >= 15 is 0 Å². The van der Waals surface area contributed by atoms with Gasteiger partial charge >= 0.3 is 0 Å². The van der Waals surface area contributed by atoms with E-state index in [9.17, 15) is 32.1 Å². The summed E-state index contributed by atoms with van der Waals surface area (Å²) in [5.74, 6) is -3.16. The molecule has 0 aromatic heterocycles. The van der Waals surface area contributed by atoms with Gasteiger partial charge in [0.2, 0.25) is 5.91 Å². The molecule has 3 rings (SSSR count). The van der Waals surface area contributed by atoms with Crippen LogP contribution in [0, 0.1) is 21.7 Å². The Morgan fingerprint density at radius 2 is 1.61 bits per heavy atom. The molecular formula is C20H15F2N3O5S. The van der Waals surface area contributed by atoms with E-state index in [1.54, 1.807) is 6.07 Å². The van der Waals surface area contributed by atoms with Gasteiger partial charge in [-0.1, -0.05) is 30.3 Å². The molecule has 0 atom stereocenters. The van der Waals surface area contributed by atoms with Gasteiger partial charge in [0.1, 0.15) is 6.54 Å². The minimum Gasteiger partial charge on any atom is -0.324 e. The third-order valence-electron chi connectivity index (χ3n) is 4.16. The van der Waals surface area contributed by atoms with E-state index < -0.39 is 49.6 Å². The second kappa shape index (κ2) is 8.88. The lowest BCUT2D eigenvalue weighted by Gasteiger charge is -2.24. The fourth-order valence-corrected chi connectivity index (χ4v) is 4.34. The average molecular weight is 447 g/mol. The minimum absolute atomic E-state index is 0.0833. The molecule has 160 valence electrons. The van der Waals surface area contributed by atoms with Gasteiger partial charge in [-0.3, -0.25) is 19.2 Å². The number of halogens is 2. The Hall–Kier alpha value is -3.86. The van der Waals surface area contributed by atoms with Crippen LogP contribution in [0.3, 0.4) is 0 Å². The first-order valence-electron chi connectivity index (χ1n) is 8.76. The van der Waals surface area contributed by atoms with Crippen LogP contribution in [0.5, 0.6) is 0 Å². The molecular weight excluding hydrogens is 432 g/mol. The van der Waals surface area contributed by atoms with Gasteiger partial charge in [-0.05, 0) is 30.3 Å². The van der Waals surface area contributed by atoms with Crippen molar-refractivity contribution in [2.24, 2.45) is 0 Å². The Morgan fingerprint density at radius 3 is 2.26 bits per heavy atom. The Kier molecular flexibility index (Phi) is 6.25. The number of hydrogen-bond acceptors (Lipinski definition) is 5. The van der Waals surface area contributed by atoms with E-state index in [1.807, 2.05) is 0 Å². The van der Waals surface area contributed by atoms with Gasteiger partial charge in [0.05, 0.1) is 10.6 Å². The number of para-hydroxylation sites is 2. The van der Waals surface area contributed by atoms with Crippen molar-refractivity contribution in [3.63, 3.8) is 0 Å². The lowest BCUT2D eigenvalue weighted by Crippen LogP contribution is -2.38. The molecule has 0 heterocycles. The Morgan fingerprint density at radius 1 is 0.968 bits per heavy atom. The smallest absolute Gasteiger partial charge is 0.289 e. The van der Waals surface area contributed by atoms with Crippen molar-refractivity contribution in [1.82, 2.24) is 0 Å². The van der Waals surface area contributed by atoms with Crippen molar-refractivity contribution >= 4 is 33.0 Å². The summed E-state index contributed by atoms with van der Waals surface area (Å²) in [6, 6.07) is 14.9. The van der Waals surface area contributed by atoms with Crippen molar-refractivity contribution in [2.75, 3.05) is 16.2 Å². The second-order valence-electron chi connectivity index (χ2n) is 6.25. The lowest BCUT2D eigenvalue weighted by molar-refractivity contribution is -0.387. The standard InChI is InChI=1S/C20H15F2N3O5S/c21-16-11-10-14(12-17(16)22)23-20(26)13-24(15-6-2-1-3-7-15)31(29,30)19-9-5-4-8-18(19)25(27)28/h1-12H,13H2,(H,23,26). The highest BCUT2D eigenvalue weighted by atomic mass is 32.2. The van der Waals surface area contributed by atoms with E-state index in [4.69, 9.17) is 0 Å². The highest BCUT2D eigenvalue weighted by Crippen LogP contribution is 2.29. The maximum atomic E-state index is 13.4. The molecule has 0 unspecified atom stereocenters. The molecule has 0 fully saturated rings. The zero-order valence-corrected chi connectivity index (χ0v) is 16.6. The highest BCUT2D eigenvalue weighted by molar-refractivity contribution is 7.93. The van der Waals surface area contributed by atoms with E-state index in [0.29, 0.717) is 4.31 Å². The number of rotatable bonds is 7. The van der Waals surface area contributed by atoms with Crippen molar-refractivity contribution in [1.29, 1.82) is 0 Å². The van der Waals surface area contributed by atoms with Crippen LogP contribution >= 0.6 is 0 Å². The van der Waals surface area contributed by atoms with E-state index in [0.717, 1.165) is 30.3 Å². The number of carbonyl (C=O) groups excluding carboxylic acids is 1. The molecule has 0 aliphatic carbocycles. The molecule has 0 bridgehead atoms. The minimum atomic E-state index is -4.54. The number of amides is 1. The van der Waals surface area contributed by atoms with Gasteiger partial charge in [0.15, 0.2) is 16.5 Å². The quantitative estimate of drug-likeness (QED) is 0.439. The predicted octanol–water partition coefficient (Wildman–Crippen LogP) is 3.71. The number of nitro benzene ring substituents is 1. The summed E-state index contributed by atoms with van der Waals surface area (Å²) in [6.07, 6.45) is 0. The summed E-state index contributed by atoms with van der Waals surface area (Å²) in [7, 11) is -4.54. The molecule has 0 spiro atoms. The molecule has 0 saturated heterocycles. The fourth-order valence-electron chi connectivity index (χ4n) is 2.76. The maximum Gasteiger partial charge on any atom is 0.289 e. The van der Waals surface area contributed by atoms with Gasteiger partial charge in [0.25, 0.3) is 15.7 Å². The van der Waals surface area contributed by atoms with Crippen LogP contribution < -0.4 is 9.62 Å². The molecule has 8 nitrogen and oxygen atoms in total. The highest BCUT2D eigenvalue weighted by Gasteiger charge is 2.33. The lowest BCUT2D eigenvalue weighted by atomic mass is 10.3. The van der Waals surface area contributed by atoms with Gasteiger partial charge in [0, 0.05) is 17.8 Å². The van der Waals surface area contributed by atoms with E-state index in [2.05, 4.69) is 5.32 Å². The molecule has 31 heavy (non-hydrogen) atoms. The molecule has 1 amide bonds. The number of nitrogens with one attached hydrogen (secondary N) is 1. The van der Waals surface area contributed by atoms with Crippen molar-refractivity contribution < 1.29 is 26.9 Å². The number of nitrogens with zero attached hydrogens (tertiary/aromatic N) is 2. The van der Waals surface area contributed by atoms with Crippen LogP contribution in [-0.4, -0.2) is 25.8 Å². The summed E-state index contributed by atoms with van der Waals surface area (Å²) in [6.45, 7) is -0.766. The van der Waals surface area contributed by atoms with Gasteiger partial charge in [-0.15, -0.1) is 0 Å². The van der Waals surface area contributed by atoms with Crippen LogP contribution in [0.1, 0.15) is 0 Å². The van der Waals surface area contributed by atoms with Crippen molar-refractivity contribution in [3.8, 4) is 0 Å². The third kappa shape index (κ3) is 4.83. The van der Waals surface area contributed by atoms with Crippen LogP contribution in [0.2, 0.25) is 0 Å². The van der Waals surface area contributed by atoms with Crippen LogP contribution in [-0.2, 0) is 14.8 Å². The zero-order valence-electron chi connectivity index (χ0n) is 15.7. The van der Waals surface area contributed by atoms with Crippen LogP contribution in [0.4, 0.5) is 25.8 Å². The Balaban J connectivity index is 1.98. The van der Waals surface area contributed by atoms with Crippen molar-refractivity contribution in [3.05, 3.63) is 94.5 Å². The van der Waals surface area contributed by atoms with E-state index in [-0.39, 0.29) is 11.4 Å². The summed E-state index contributed by atoms with van der Waals surface area (Å²) in [4.78, 5) is 22.4. The van der Waals surface area contributed by atoms with Crippen LogP contribution in [0.15, 0.2) is 77.7 Å². The van der Waals surface area contributed by atoms with Crippen molar-refractivity contribution in [2.45, 2.75) is 4.90 Å². The molecule has 0 aliphatic rings. The monoisotopic (exact) mass is 447 g/mol. The average Bonchev–Trinajstić information content (AvgIpc) is 2.75. The number of hydrogen-bond donors (Lipinski definition) is 1. The van der Waals surface area contributed by atoms with Gasteiger partial charge < -0.3 is 5.32 Å². The molecule has 0 saturated carbocycles. The first kappa shape index (κ1) is 21.8. The molecule has 3 aromatic rings. The second-order valence-corrected chi connectivity index (χ2v) is 8.08. The number of sulfonamides is 1. The molecule has 1 N–H and O–H groups in total. The summed E-state index contributed by atoms with van der Waals surface area (Å²) in [5.41, 5.74) is -0.648.